The van der Waals surface area contributed by atoms with Crippen LogP contribution in [0.4, 0.5) is 0 Å². The van der Waals surface area contributed by atoms with E-state index in [0.29, 0.717) is 12.2 Å². The molecule has 0 atom stereocenters. The van der Waals surface area contributed by atoms with Crippen molar-refractivity contribution >= 4 is 5.78 Å². The minimum atomic E-state index is -0.868. The number of nitrogens with zero attached hydrogens (tertiary/aromatic N) is 3. The van der Waals surface area contributed by atoms with Crippen molar-refractivity contribution in [2.45, 2.75) is 39.3 Å². The second-order valence-corrected chi connectivity index (χ2v) is 3.89. The van der Waals surface area contributed by atoms with Gasteiger partial charge in [0.2, 0.25) is 5.78 Å². The van der Waals surface area contributed by atoms with Crippen LogP contribution < -0.4 is 5.73 Å². The first-order chi connectivity index (χ1) is 6.46. The van der Waals surface area contributed by atoms with Crippen molar-refractivity contribution in [3.05, 3.63) is 11.9 Å². The molecule has 0 amide bonds. The molecule has 5 heteroatoms. The average Bonchev–Trinajstić information content (AvgIpc) is 2.50. The van der Waals surface area contributed by atoms with E-state index in [9.17, 15) is 4.79 Å². The topological polar surface area (TPSA) is 73.8 Å². The Labute approximate surface area is 83.3 Å². The fourth-order valence-corrected chi connectivity index (χ4v) is 1.14. The molecule has 0 saturated carbocycles. The molecule has 1 aromatic heterocycles. The van der Waals surface area contributed by atoms with Crippen LogP contribution >= 0.6 is 0 Å². The maximum Gasteiger partial charge on any atom is 0.201 e. The molecule has 0 fully saturated rings. The molecule has 0 aliphatic rings. The first kappa shape index (κ1) is 10.8. The summed E-state index contributed by atoms with van der Waals surface area (Å²) in [6, 6.07) is 0. The molecule has 14 heavy (non-hydrogen) atoms. The van der Waals surface area contributed by atoms with Crippen LogP contribution in [0.3, 0.4) is 0 Å². The summed E-state index contributed by atoms with van der Waals surface area (Å²) in [7, 11) is 0. The number of hydrogen-bond donors (Lipinski definition) is 1. The van der Waals surface area contributed by atoms with Crippen molar-refractivity contribution < 1.29 is 4.79 Å². The van der Waals surface area contributed by atoms with E-state index >= 15 is 0 Å². The molecule has 0 spiro atoms. The van der Waals surface area contributed by atoms with E-state index in [1.807, 2.05) is 6.92 Å². The van der Waals surface area contributed by atoms with E-state index < -0.39 is 5.54 Å². The van der Waals surface area contributed by atoms with Gasteiger partial charge in [-0.3, -0.25) is 4.79 Å². The van der Waals surface area contributed by atoms with Gasteiger partial charge in [0, 0.05) is 6.54 Å². The van der Waals surface area contributed by atoms with Crippen molar-refractivity contribution in [3.8, 4) is 0 Å². The van der Waals surface area contributed by atoms with Crippen LogP contribution in [0.2, 0.25) is 0 Å². The van der Waals surface area contributed by atoms with Crippen molar-refractivity contribution in [3.63, 3.8) is 0 Å². The van der Waals surface area contributed by atoms with E-state index in [-0.39, 0.29) is 5.78 Å². The third kappa shape index (κ3) is 2.17. The van der Waals surface area contributed by atoms with Crippen LogP contribution in [-0.4, -0.2) is 26.3 Å². The molecule has 0 bridgehead atoms. The highest BCUT2D eigenvalue weighted by molar-refractivity contribution is 6.00. The zero-order valence-corrected chi connectivity index (χ0v) is 8.82. The standard InChI is InChI=1S/C9H16N4O/c1-4-5-13-7(6-11-12-13)8(14)9(2,3)10/h6H,4-5,10H2,1-3H3. The largest absolute Gasteiger partial charge is 0.319 e. The highest BCUT2D eigenvalue weighted by Crippen LogP contribution is 2.09. The second kappa shape index (κ2) is 3.88. The summed E-state index contributed by atoms with van der Waals surface area (Å²) in [4.78, 5) is 11.8. The van der Waals surface area contributed by atoms with Gasteiger partial charge in [-0.25, -0.2) is 4.68 Å². The van der Waals surface area contributed by atoms with Crippen molar-refractivity contribution in [2.75, 3.05) is 0 Å². The Bertz CT molecular complexity index is 324. The van der Waals surface area contributed by atoms with Crippen molar-refractivity contribution in [1.29, 1.82) is 0 Å². The van der Waals surface area contributed by atoms with E-state index in [4.69, 9.17) is 5.73 Å². The minimum absolute atomic E-state index is 0.129. The van der Waals surface area contributed by atoms with Crippen LogP contribution in [0, 0.1) is 0 Å². The molecule has 1 heterocycles. The van der Waals surface area contributed by atoms with Gasteiger partial charge < -0.3 is 5.73 Å². The van der Waals surface area contributed by atoms with Crippen LogP contribution in [-0.2, 0) is 6.54 Å². The molecule has 2 N–H and O–H groups in total. The Morgan fingerprint density at radius 3 is 2.79 bits per heavy atom. The Kier molecular flexibility index (Phi) is 3.00. The summed E-state index contributed by atoms with van der Waals surface area (Å²) in [5.41, 5.74) is 5.33. The minimum Gasteiger partial charge on any atom is -0.319 e. The summed E-state index contributed by atoms with van der Waals surface area (Å²) >= 11 is 0. The van der Waals surface area contributed by atoms with Gasteiger partial charge >= 0.3 is 0 Å². The lowest BCUT2D eigenvalue weighted by atomic mass is 9.98. The van der Waals surface area contributed by atoms with Gasteiger partial charge in [0.25, 0.3) is 0 Å². The van der Waals surface area contributed by atoms with E-state index in [1.165, 1.54) is 6.20 Å². The van der Waals surface area contributed by atoms with Crippen LogP contribution in [0.1, 0.15) is 37.7 Å². The monoisotopic (exact) mass is 196 g/mol. The fourth-order valence-electron chi connectivity index (χ4n) is 1.14. The molecular weight excluding hydrogens is 180 g/mol. The number of aryl methyl sites for hydroxylation is 1. The van der Waals surface area contributed by atoms with Gasteiger partial charge in [-0.1, -0.05) is 12.1 Å². The van der Waals surface area contributed by atoms with Gasteiger partial charge in [0.05, 0.1) is 11.7 Å². The molecule has 78 valence electrons. The Morgan fingerprint density at radius 2 is 2.29 bits per heavy atom. The normalized spacial score (nSPS) is 11.7. The van der Waals surface area contributed by atoms with Crippen LogP contribution in [0.25, 0.3) is 0 Å². The fraction of sp³-hybridized carbons (Fsp3) is 0.667. The summed E-state index contributed by atoms with van der Waals surface area (Å²) in [6.07, 6.45) is 2.38. The summed E-state index contributed by atoms with van der Waals surface area (Å²) in [5, 5.41) is 7.54. The lowest BCUT2D eigenvalue weighted by Crippen LogP contribution is -2.42. The highest BCUT2D eigenvalue weighted by Gasteiger charge is 2.26. The Hall–Kier alpha value is -1.23. The number of rotatable bonds is 4. The predicted octanol–water partition coefficient (Wildman–Crippen LogP) is 0.608. The van der Waals surface area contributed by atoms with Gasteiger partial charge in [-0.2, -0.15) is 0 Å². The number of nitrogens with two attached hydrogens (primary N) is 1. The van der Waals surface area contributed by atoms with Crippen molar-refractivity contribution in [2.24, 2.45) is 5.73 Å². The molecule has 1 aromatic rings. The molecule has 5 nitrogen and oxygen atoms in total. The zero-order valence-electron chi connectivity index (χ0n) is 8.82. The predicted molar refractivity (Wildman–Crippen MR) is 52.9 cm³/mol. The SMILES string of the molecule is CCCn1nncc1C(=O)C(C)(C)N. The maximum absolute atomic E-state index is 11.8. The molecule has 0 aliphatic heterocycles. The molecular formula is C9H16N4O. The smallest absolute Gasteiger partial charge is 0.201 e. The quantitative estimate of drug-likeness (QED) is 0.716. The number of aromatic nitrogens is 3. The van der Waals surface area contributed by atoms with E-state index in [2.05, 4.69) is 10.3 Å². The third-order valence-corrected chi connectivity index (χ3v) is 1.87. The third-order valence-electron chi connectivity index (χ3n) is 1.87. The van der Waals surface area contributed by atoms with Gasteiger partial charge in [-0.05, 0) is 20.3 Å². The van der Waals surface area contributed by atoms with Crippen LogP contribution in [0.15, 0.2) is 6.20 Å². The van der Waals surface area contributed by atoms with Gasteiger partial charge in [0.15, 0.2) is 0 Å². The molecule has 0 saturated heterocycles. The average molecular weight is 196 g/mol. The van der Waals surface area contributed by atoms with E-state index in [1.54, 1.807) is 18.5 Å². The Morgan fingerprint density at radius 1 is 1.64 bits per heavy atom. The number of ketones is 1. The van der Waals surface area contributed by atoms with Gasteiger partial charge in [0.1, 0.15) is 5.69 Å². The van der Waals surface area contributed by atoms with Gasteiger partial charge in [-0.15, -0.1) is 5.10 Å². The Balaban J connectivity index is 2.95. The number of carbonyl (C=O) groups is 1. The number of carbonyl (C=O) groups excluding carboxylic acids is 1. The summed E-state index contributed by atoms with van der Waals surface area (Å²) in [5.74, 6) is -0.129. The lowest BCUT2D eigenvalue weighted by Gasteiger charge is -2.16. The van der Waals surface area contributed by atoms with Crippen molar-refractivity contribution in [1.82, 2.24) is 15.0 Å². The summed E-state index contributed by atoms with van der Waals surface area (Å²) in [6.45, 7) is 6.07. The molecule has 0 aliphatic carbocycles. The molecule has 1 rings (SSSR count). The summed E-state index contributed by atoms with van der Waals surface area (Å²) < 4.78 is 1.59. The molecule has 0 radical (unpaired) electrons. The van der Waals surface area contributed by atoms with Crippen LogP contribution in [0.5, 0.6) is 0 Å². The number of Topliss-reactive ketones (excluding diaryl/α,β-unsaturated/α-hetero) is 1. The maximum atomic E-state index is 11.8. The first-order valence-corrected chi connectivity index (χ1v) is 4.69. The van der Waals surface area contributed by atoms with E-state index in [0.717, 1.165) is 6.42 Å². The highest BCUT2D eigenvalue weighted by atomic mass is 16.1. The first-order valence-electron chi connectivity index (χ1n) is 4.69. The number of hydrogen-bond acceptors (Lipinski definition) is 4. The molecule has 0 aromatic carbocycles. The second-order valence-electron chi connectivity index (χ2n) is 3.89. The zero-order chi connectivity index (χ0) is 10.8. The lowest BCUT2D eigenvalue weighted by molar-refractivity contribution is 0.0902. The molecule has 0 unspecified atom stereocenters.